The van der Waals surface area contributed by atoms with Crippen LogP contribution in [0.4, 0.5) is 5.82 Å². The van der Waals surface area contributed by atoms with E-state index in [9.17, 15) is 0 Å². The van der Waals surface area contributed by atoms with Crippen LogP contribution < -0.4 is 10.8 Å². The molecule has 5 aromatic rings. The van der Waals surface area contributed by atoms with Gasteiger partial charge in [0.05, 0.1) is 10.9 Å². The largest absolute Gasteiger partial charge is 0.456 e. The molecule has 0 bridgehead atoms. The summed E-state index contributed by atoms with van der Waals surface area (Å²) in [6.45, 7) is 4.22. The van der Waals surface area contributed by atoms with Crippen molar-refractivity contribution in [2.75, 3.05) is 5.43 Å². The van der Waals surface area contributed by atoms with E-state index in [-0.39, 0.29) is 0 Å². The molecule has 5 rings (SSSR count). The van der Waals surface area contributed by atoms with Crippen molar-refractivity contribution >= 4 is 27.7 Å². The minimum Gasteiger partial charge on any atom is -0.456 e. The first kappa shape index (κ1) is 19.1. The van der Waals surface area contributed by atoms with E-state index in [0.717, 1.165) is 45.0 Å². The standard InChI is InChI=1S/C27H23N3O/c1-3-19-10-14-25-22(16-19)24(17-26(31-25)21-11-8-18(2)9-12-21)29-30-27-15-13-20-6-4-5-7-23(20)28-27/h4-17H,3H2,1-2H3,(H,28,30)/b29-24+. The van der Waals surface area contributed by atoms with Crippen molar-refractivity contribution in [3.63, 3.8) is 0 Å². The van der Waals surface area contributed by atoms with Crippen molar-refractivity contribution in [2.45, 2.75) is 20.3 Å². The number of aryl methyl sites for hydroxylation is 2. The summed E-state index contributed by atoms with van der Waals surface area (Å²) in [5.41, 5.74) is 8.36. The van der Waals surface area contributed by atoms with Crippen molar-refractivity contribution in [1.29, 1.82) is 0 Å². The molecule has 0 fully saturated rings. The lowest BCUT2D eigenvalue weighted by Gasteiger charge is -2.07. The van der Waals surface area contributed by atoms with Crippen LogP contribution in [0.25, 0.3) is 33.2 Å². The molecule has 4 nitrogen and oxygen atoms in total. The maximum absolute atomic E-state index is 6.23. The second kappa shape index (κ2) is 8.07. The fourth-order valence-electron chi connectivity index (χ4n) is 3.63. The number of nitrogens with one attached hydrogen (secondary N) is 1. The average Bonchev–Trinajstić information content (AvgIpc) is 2.82. The molecule has 0 spiro atoms. The Balaban J connectivity index is 1.63. The van der Waals surface area contributed by atoms with Crippen LogP contribution in [-0.2, 0) is 6.42 Å². The van der Waals surface area contributed by atoms with Crippen LogP contribution in [0.1, 0.15) is 18.1 Å². The van der Waals surface area contributed by atoms with Gasteiger partial charge in [-0.25, -0.2) is 4.98 Å². The fourth-order valence-corrected chi connectivity index (χ4v) is 3.63. The topological polar surface area (TPSA) is 50.4 Å². The van der Waals surface area contributed by atoms with Gasteiger partial charge in [-0.2, -0.15) is 5.10 Å². The number of nitrogens with zero attached hydrogens (tertiary/aromatic N) is 2. The number of fused-ring (bicyclic) bond motifs is 2. The van der Waals surface area contributed by atoms with Gasteiger partial charge in [-0.15, -0.1) is 0 Å². The number of benzene rings is 3. The third kappa shape index (κ3) is 3.92. The summed E-state index contributed by atoms with van der Waals surface area (Å²) in [5.74, 6) is 1.49. The maximum atomic E-state index is 6.23. The average molecular weight is 406 g/mol. The number of hydrogen-bond acceptors (Lipinski definition) is 4. The summed E-state index contributed by atoms with van der Waals surface area (Å²) >= 11 is 0. The molecular weight excluding hydrogens is 382 g/mol. The van der Waals surface area contributed by atoms with Gasteiger partial charge >= 0.3 is 0 Å². The molecule has 2 aromatic heterocycles. The third-order valence-electron chi connectivity index (χ3n) is 5.44. The number of pyridine rings is 1. The summed E-state index contributed by atoms with van der Waals surface area (Å²) in [6, 6.07) is 28.6. The Bertz CT molecular complexity index is 1450. The highest BCUT2D eigenvalue weighted by molar-refractivity contribution is 5.81. The van der Waals surface area contributed by atoms with Gasteiger partial charge in [0.25, 0.3) is 0 Å². The molecule has 31 heavy (non-hydrogen) atoms. The number of para-hydroxylation sites is 1. The Morgan fingerprint density at radius 2 is 1.74 bits per heavy atom. The number of anilines is 1. The molecule has 3 aromatic carbocycles. The van der Waals surface area contributed by atoms with Gasteiger partial charge in [-0.1, -0.05) is 61.0 Å². The zero-order valence-corrected chi connectivity index (χ0v) is 17.6. The lowest BCUT2D eigenvalue weighted by molar-refractivity contribution is 0.618. The molecule has 0 atom stereocenters. The predicted molar refractivity (Wildman–Crippen MR) is 127 cm³/mol. The predicted octanol–water partition coefficient (Wildman–Crippen LogP) is 6.45. The zero-order valence-electron chi connectivity index (χ0n) is 17.6. The van der Waals surface area contributed by atoms with Crippen LogP contribution in [-0.4, -0.2) is 4.98 Å². The number of rotatable bonds is 4. The van der Waals surface area contributed by atoms with Crippen LogP contribution in [0, 0.1) is 6.92 Å². The van der Waals surface area contributed by atoms with Crippen LogP contribution in [0.2, 0.25) is 0 Å². The molecule has 4 heteroatoms. The molecule has 0 aliphatic rings. The van der Waals surface area contributed by atoms with Crippen molar-refractivity contribution in [3.05, 3.63) is 101 Å². The number of aromatic nitrogens is 1. The van der Waals surface area contributed by atoms with Crippen molar-refractivity contribution in [1.82, 2.24) is 4.98 Å². The first-order chi connectivity index (χ1) is 15.2. The molecule has 0 radical (unpaired) electrons. The number of hydrogen-bond donors (Lipinski definition) is 1. The normalized spacial score (nSPS) is 11.9. The second-order valence-corrected chi connectivity index (χ2v) is 7.66. The Morgan fingerprint density at radius 3 is 2.58 bits per heavy atom. The van der Waals surface area contributed by atoms with Gasteiger partial charge in [0.1, 0.15) is 17.2 Å². The van der Waals surface area contributed by atoms with E-state index in [1.54, 1.807) is 0 Å². The van der Waals surface area contributed by atoms with E-state index in [4.69, 9.17) is 9.52 Å². The Hall–Kier alpha value is -3.92. The lowest BCUT2D eigenvalue weighted by Crippen LogP contribution is -2.08. The van der Waals surface area contributed by atoms with Crippen LogP contribution >= 0.6 is 0 Å². The van der Waals surface area contributed by atoms with Crippen molar-refractivity contribution in [2.24, 2.45) is 5.10 Å². The summed E-state index contributed by atoms with van der Waals surface area (Å²) in [5, 5.41) is 7.62. The second-order valence-electron chi connectivity index (χ2n) is 7.66. The van der Waals surface area contributed by atoms with Gasteiger partial charge in [-0.3, -0.25) is 5.43 Å². The van der Waals surface area contributed by atoms with Gasteiger partial charge in [0.15, 0.2) is 0 Å². The Labute approximate surface area is 180 Å². The monoisotopic (exact) mass is 405 g/mol. The lowest BCUT2D eigenvalue weighted by atomic mass is 10.1. The molecule has 0 saturated heterocycles. The molecule has 0 amide bonds. The van der Waals surface area contributed by atoms with Crippen LogP contribution in [0.5, 0.6) is 0 Å². The van der Waals surface area contributed by atoms with Gasteiger partial charge in [-0.05, 0) is 49.2 Å². The van der Waals surface area contributed by atoms with Crippen LogP contribution in [0.15, 0.2) is 94.4 Å². The maximum Gasteiger partial charge on any atom is 0.146 e. The molecule has 0 aliphatic heterocycles. The first-order valence-electron chi connectivity index (χ1n) is 10.5. The molecular formula is C27H23N3O. The summed E-state index contributed by atoms with van der Waals surface area (Å²) in [7, 11) is 0. The molecule has 2 heterocycles. The molecule has 0 aliphatic carbocycles. The third-order valence-corrected chi connectivity index (χ3v) is 5.44. The smallest absolute Gasteiger partial charge is 0.146 e. The van der Waals surface area contributed by atoms with E-state index in [2.05, 4.69) is 66.7 Å². The van der Waals surface area contributed by atoms with E-state index < -0.39 is 0 Å². The van der Waals surface area contributed by atoms with E-state index in [1.807, 2.05) is 42.5 Å². The van der Waals surface area contributed by atoms with E-state index in [1.165, 1.54) is 11.1 Å². The highest BCUT2D eigenvalue weighted by Gasteiger charge is 2.07. The van der Waals surface area contributed by atoms with Crippen molar-refractivity contribution < 1.29 is 4.42 Å². The van der Waals surface area contributed by atoms with Gasteiger partial charge in [0.2, 0.25) is 0 Å². The van der Waals surface area contributed by atoms with Gasteiger partial charge < -0.3 is 4.42 Å². The minimum absolute atomic E-state index is 0.705. The Morgan fingerprint density at radius 1 is 0.903 bits per heavy atom. The highest BCUT2D eigenvalue weighted by Crippen LogP contribution is 2.23. The fraction of sp³-hybridized carbons (Fsp3) is 0.111. The Kier molecular flexibility index (Phi) is 4.97. The molecule has 1 N–H and O–H groups in total. The summed E-state index contributed by atoms with van der Waals surface area (Å²) in [6.07, 6.45) is 0.953. The molecule has 0 unspecified atom stereocenters. The first-order valence-corrected chi connectivity index (χ1v) is 10.5. The molecule has 0 saturated carbocycles. The van der Waals surface area contributed by atoms with Crippen LogP contribution in [0.3, 0.4) is 0 Å². The quantitative estimate of drug-likeness (QED) is 0.350. The summed E-state index contributed by atoms with van der Waals surface area (Å²) < 4.78 is 6.23. The van der Waals surface area contributed by atoms with Gasteiger partial charge in [0, 0.05) is 22.4 Å². The summed E-state index contributed by atoms with van der Waals surface area (Å²) in [4.78, 5) is 4.67. The van der Waals surface area contributed by atoms with E-state index >= 15 is 0 Å². The molecule has 152 valence electrons. The highest BCUT2D eigenvalue weighted by atomic mass is 16.3. The van der Waals surface area contributed by atoms with Crippen molar-refractivity contribution in [3.8, 4) is 11.3 Å². The van der Waals surface area contributed by atoms with E-state index in [0.29, 0.717) is 5.82 Å². The SMILES string of the molecule is CCc1ccc2oc(-c3ccc(C)cc3)c/c(=N\Nc3ccc4ccccc4n3)c2c1. The zero-order chi connectivity index (χ0) is 21.2. The minimum atomic E-state index is 0.705.